The van der Waals surface area contributed by atoms with Gasteiger partial charge in [0.25, 0.3) is 0 Å². The second-order valence-corrected chi connectivity index (χ2v) is 5.92. The fourth-order valence-corrected chi connectivity index (χ4v) is 2.72. The number of piperazine rings is 1. The van der Waals surface area contributed by atoms with Gasteiger partial charge in [0.1, 0.15) is 5.75 Å². The summed E-state index contributed by atoms with van der Waals surface area (Å²) in [6.45, 7) is 6.31. The molecule has 6 nitrogen and oxygen atoms in total. The lowest BCUT2D eigenvalue weighted by molar-refractivity contribution is -0.122. The largest absolute Gasteiger partial charge is 0.508 e. The number of hydrogen-bond acceptors (Lipinski definition) is 5. The van der Waals surface area contributed by atoms with Gasteiger partial charge in [-0.15, -0.1) is 0 Å². The number of nitrogens with one attached hydrogen (secondary N) is 1. The molecule has 6 heteroatoms. The molecular formula is C17H27N3O3. The molecular weight excluding hydrogens is 294 g/mol. The molecule has 0 spiro atoms. The number of aromatic hydroxyl groups is 1. The number of benzene rings is 1. The van der Waals surface area contributed by atoms with Gasteiger partial charge in [0.2, 0.25) is 5.91 Å². The molecule has 1 aromatic carbocycles. The van der Waals surface area contributed by atoms with Gasteiger partial charge in [-0.05, 0) is 24.1 Å². The van der Waals surface area contributed by atoms with Crippen molar-refractivity contribution in [3.05, 3.63) is 29.8 Å². The maximum absolute atomic E-state index is 11.8. The van der Waals surface area contributed by atoms with Crippen LogP contribution in [0.1, 0.15) is 12.0 Å². The van der Waals surface area contributed by atoms with E-state index in [1.807, 2.05) is 12.1 Å². The van der Waals surface area contributed by atoms with Crippen LogP contribution in [0.25, 0.3) is 0 Å². The van der Waals surface area contributed by atoms with Crippen LogP contribution >= 0.6 is 0 Å². The molecule has 2 rings (SSSR count). The normalized spacial score (nSPS) is 16.4. The Labute approximate surface area is 138 Å². The monoisotopic (exact) mass is 321 g/mol. The fraction of sp³-hybridized carbons (Fsp3) is 0.588. The standard InChI is InChI=1S/C17H27N3O3/c1-23-11-3-6-18-17(22)14-20-9-7-19(8-10-20)13-15-4-2-5-16(21)12-15/h2,4-5,12,21H,3,6-11,13-14H2,1H3,(H,18,22). The molecule has 0 aromatic heterocycles. The number of carbonyl (C=O) groups is 1. The highest BCUT2D eigenvalue weighted by molar-refractivity contribution is 5.77. The molecule has 1 aliphatic heterocycles. The first-order valence-electron chi connectivity index (χ1n) is 8.15. The van der Waals surface area contributed by atoms with Crippen molar-refractivity contribution in [3.8, 4) is 5.75 Å². The first-order chi connectivity index (χ1) is 11.2. The molecule has 1 aliphatic rings. The number of ether oxygens (including phenoxy) is 1. The summed E-state index contributed by atoms with van der Waals surface area (Å²) < 4.78 is 4.96. The summed E-state index contributed by atoms with van der Waals surface area (Å²) in [4.78, 5) is 16.4. The average Bonchev–Trinajstić information content (AvgIpc) is 2.54. The van der Waals surface area contributed by atoms with Gasteiger partial charge in [0.15, 0.2) is 0 Å². The molecule has 1 heterocycles. The van der Waals surface area contributed by atoms with Crippen molar-refractivity contribution in [3.63, 3.8) is 0 Å². The average molecular weight is 321 g/mol. The molecule has 128 valence electrons. The van der Waals surface area contributed by atoms with Crippen LogP contribution in [-0.2, 0) is 16.1 Å². The van der Waals surface area contributed by atoms with Crippen molar-refractivity contribution >= 4 is 5.91 Å². The second kappa shape index (κ2) is 9.50. The Hall–Kier alpha value is -1.63. The minimum atomic E-state index is 0.0857. The summed E-state index contributed by atoms with van der Waals surface area (Å²) in [6.07, 6.45) is 0.847. The van der Waals surface area contributed by atoms with E-state index in [0.29, 0.717) is 25.4 Å². The highest BCUT2D eigenvalue weighted by atomic mass is 16.5. The van der Waals surface area contributed by atoms with Gasteiger partial charge >= 0.3 is 0 Å². The lowest BCUT2D eigenvalue weighted by atomic mass is 10.2. The number of rotatable bonds is 8. The number of nitrogens with zero attached hydrogens (tertiary/aromatic N) is 2. The van der Waals surface area contributed by atoms with E-state index in [9.17, 15) is 9.90 Å². The van der Waals surface area contributed by atoms with Gasteiger partial charge in [0, 0.05) is 53.0 Å². The van der Waals surface area contributed by atoms with Crippen LogP contribution in [-0.4, -0.2) is 73.8 Å². The van der Waals surface area contributed by atoms with Gasteiger partial charge in [-0.2, -0.15) is 0 Å². The number of carbonyl (C=O) groups excluding carboxylic acids is 1. The summed E-state index contributed by atoms with van der Waals surface area (Å²) in [7, 11) is 1.66. The van der Waals surface area contributed by atoms with E-state index < -0.39 is 0 Å². The summed E-state index contributed by atoms with van der Waals surface area (Å²) in [5.41, 5.74) is 1.12. The fourth-order valence-electron chi connectivity index (χ4n) is 2.72. The van der Waals surface area contributed by atoms with Crippen LogP contribution in [0.5, 0.6) is 5.75 Å². The topological polar surface area (TPSA) is 65.0 Å². The zero-order chi connectivity index (χ0) is 16.5. The second-order valence-electron chi connectivity index (χ2n) is 5.92. The van der Waals surface area contributed by atoms with E-state index in [2.05, 4.69) is 15.1 Å². The summed E-state index contributed by atoms with van der Waals surface area (Å²) in [5.74, 6) is 0.397. The third-order valence-electron chi connectivity index (χ3n) is 4.00. The molecule has 1 amide bonds. The van der Waals surface area contributed by atoms with Crippen molar-refractivity contribution in [2.75, 3.05) is 53.0 Å². The predicted octanol–water partition coefficient (Wildman–Crippen LogP) is 0.663. The van der Waals surface area contributed by atoms with Crippen LogP contribution in [0.2, 0.25) is 0 Å². The number of methoxy groups -OCH3 is 1. The molecule has 0 saturated carbocycles. The van der Waals surface area contributed by atoms with E-state index in [1.54, 1.807) is 19.2 Å². The Bertz CT molecular complexity index is 488. The van der Waals surface area contributed by atoms with Gasteiger partial charge in [-0.3, -0.25) is 14.6 Å². The maximum Gasteiger partial charge on any atom is 0.234 e. The molecule has 1 aromatic rings. The van der Waals surface area contributed by atoms with Crippen molar-refractivity contribution < 1.29 is 14.6 Å². The molecule has 0 bridgehead atoms. The Morgan fingerprint density at radius 3 is 2.70 bits per heavy atom. The van der Waals surface area contributed by atoms with Gasteiger partial charge in [-0.25, -0.2) is 0 Å². The molecule has 1 fully saturated rings. The zero-order valence-corrected chi connectivity index (χ0v) is 13.8. The molecule has 2 N–H and O–H groups in total. The summed E-state index contributed by atoms with van der Waals surface area (Å²) >= 11 is 0. The van der Waals surface area contributed by atoms with E-state index in [1.165, 1.54) is 0 Å². The Kier molecular flexibility index (Phi) is 7.32. The lowest BCUT2D eigenvalue weighted by Crippen LogP contribution is -2.49. The minimum absolute atomic E-state index is 0.0857. The minimum Gasteiger partial charge on any atom is -0.508 e. The SMILES string of the molecule is COCCCNC(=O)CN1CCN(Cc2cccc(O)c2)CC1. The first kappa shape index (κ1) is 17.7. The molecule has 0 atom stereocenters. The summed E-state index contributed by atoms with van der Waals surface area (Å²) in [6, 6.07) is 7.39. The van der Waals surface area contributed by atoms with E-state index in [0.717, 1.165) is 44.7 Å². The van der Waals surface area contributed by atoms with Gasteiger partial charge in [-0.1, -0.05) is 12.1 Å². The van der Waals surface area contributed by atoms with E-state index in [-0.39, 0.29) is 5.91 Å². The summed E-state index contributed by atoms with van der Waals surface area (Å²) in [5, 5.41) is 12.4. The van der Waals surface area contributed by atoms with Crippen molar-refractivity contribution in [2.45, 2.75) is 13.0 Å². The van der Waals surface area contributed by atoms with Crippen molar-refractivity contribution in [1.29, 1.82) is 0 Å². The van der Waals surface area contributed by atoms with Crippen LogP contribution in [0, 0.1) is 0 Å². The third-order valence-corrected chi connectivity index (χ3v) is 4.00. The van der Waals surface area contributed by atoms with Gasteiger partial charge in [0.05, 0.1) is 6.54 Å². The highest BCUT2D eigenvalue weighted by Gasteiger charge is 2.18. The Morgan fingerprint density at radius 1 is 1.26 bits per heavy atom. The number of phenolic OH excluding ortho intramolecular Hbond substituents is 1. The van der Waals surface area contributed by atoms with Crippen LogP contribution in [0.4, 0.5) is 0 Å². The predicted molar refractivity (Wildman–Crippen MR) is 89.3 cm³/mol. The number of amides is 1. The lowest BCUT2D eigenvalue weighted by Gasteiger charge is -2.34. The maximum atomic E-state index is 11.8. The molecule has 1 saturated heterocycles. The van der Waals surface area contributed by atoms with Crippen LogP contribution in [0.3, 0.4) is 0 Å². The smallest absolute Gasteiger partial charge is 0.234 e. The molecule has 0 aliphatic carbocycles. The van der Waals surface area contributed by atoms with Crippen molar-refractivity contribution in [2.24, 2.45) is 0 Å². The highest BCUT2D eigenvalue weighted by Crippen LogP contribution is 2.14. The van der Waals surface area contributed by atoms with Crippen LogP contribution < -0.4 is 5.32 Å². The van der Waals surface area contributed by atoms with E-state index in [4.69, 9.17) is 4.74 Å². The Balaban J connectivity index is 1.64. The number of phenols is 1. The Morgan fingerprint density at radius 2 is 2.00 bits per heavy atom. The molecule has 0 unspecified atom stereocenters. The number of hydrogen-bond donors (Lipinski definition) is 2. The quantitative estimate of drug-likeness (QED) is 0.689. The zero-order valence-electron chi connectivity index (χ0n) is 13.8. The van der Waals surface area contributed by atoms with Crippen molar-refractivity contribution in [1.82, 2.24) is 15.1 Å². The first-order valence-corrected chi connectivity index (χ1v) is 8.15. The van der Waals surface area contributed by atoms with E-state index >= 15 is 0 Å². The van der Waals surface area contributed by atoms with Gasteiger partial charge < -0.3 is 15.2 Å². The van der Waals surface area contributed by atoms with Crippen LogP contribution in [0.15, 0.2) is 24.3 Å². The molecule has 0 radical (unpaired) electrons. The third kappa shape index (κ3) is 6.56. The molecule has 23 heavy (non-hydrogen) atoms.